The molecule has 2 aromatic rings. The molecule has 0 unspecified atom stereocenters. The second kappa shape index (κ2) is 5.47. The molecule has 0 spiro atoms. The van der Waals surface area contributed by atoms with Crippen LogP contribution in [0.2, 0.25) is 0 Å². The van der Waals surface area contributed by atoms with Gasteiger partial charge in [-0.15, -0.1) is 10.2 Å². The largest absolute Gasteiger partial charge is 0.307 e. The number of halogens is 1. The normalized spacial score (nSPS) is 20.0. The molecule has 1 aliphatic rings. The number of rotatable bonds is 3. The molecule has 0 aliphatic carbocycles. The molecule has 0 saturated carbocycles. The van der Waals surface area contributed by atoms with Gasteiger partial charge in [-0.2, -0.15) is 4.31 Å². The lowest BCUT2D eigenvalue weighted by atomic mass is 10.2. The third-order valence-corrected chi connectivity index (χ3v) is 6.18. The highest BCUT2D eigenvalue weighted by Crippen LogP contribution is 2.35. The van der Waals surface area contributed by atoms with E-state index in [0.29, 0.717) is 17.1 Å². The van der Waals surface area contributed by atoms with E-state index in [0.717, 1.165) is 12.8 Å². The summed E-state index contributed by atoms with van der Waals surface area (Å²) < 4.78 is 29.3. The van der Waals surface area contributed by atoms with Crippen molar-refractivity contribution in [2.45, 2.75) is 23.8 Å². The number of sulfonamides is 1. The molecular weight excluding hydrogens is 358 g/mol. The quantitative estimate of drug-likeness (QED) is 0.816. The second-order valence-corrected chi connectivity index (χ2v) is 7.45. The van der Waals surface area contributed by atoms with Crippen molar-refractivity contribution < 1.29 is 8.42 Å². The standard InChI is InChI=1S/C12H14BrN5O2S/c1-17-11(15-16-12(17)13)10-5-3-7-18(10)21(19,20)9-4-2-6-14-8-9/h2,4,6,8,10H,3,5,7H2,1H3/t10-/m0/s1. The minimum atomic E-state index is -3.57. The summed E-state index contributed by atoms with van der Waals surface area (Å²) in [5.74, 6) is 0.645. The van der Waals surface area contributed by atoms with E-state index in [-0.39, 0.29) is 10.9 Å². The fourth-order valence-electron chi connectivity index (χ4n) is 2.53. The van der Waals surface area contributed by atoms with Gasteiger partial charge in [0, 0.05) is 26.0 Å². The zero-order valence-electron chi connectivity index (χ0n) is 11.3. The molecule has 1 aliphatic heterocycles. The molecule has 1 saturated heterocycles. The molecule has 21 heavy (non-hydrogen) atoms. The van der Waals surface area contributed by atoms with Gasteiger partial charge in [-0.05, 0) is 40.9 Å². The predicted octanol–water partition coefficient (Wildman–Crippen LogP) is 1.50. The van der Waals surface area contributed by atoms with Crippen LogP contribution in [0.3, 0.4) is 0 Å². The van der Waals surface area contributed by atoms with Crippen molar-refractivity contribution in [2.75, 3.05) is 6.54 Å². The topological polar surface area (TPSA) is 81.0 Å². The zero-order valence-corrected chi connectivity index (χ0v) is 13.7. The summed E-state index contributed by atoms with van der Waals surface area (Å²) in [6, 6.07) is 2.89. The van der Waals surface area contributed by atoms with Gasteiger partial charge in [0.05, 0.1) is 6.04 Å². The van der Waals surface area contributed by atoms with Crippen molar-refractivity contribution in [2.24, 2.45) is 7.05 Å². The summed E-state index contributed by atoms with van der Waals surface area (Å²) in [6.45, 7) is 0.479. The number of aromatic nitrogens is 4. The molecule has 3 heterocycles. The lowest BCUT2D eigenvalue weighted by Gasteiger charge is -2.23. The molecule has 0 aromatic carbocycles. The van der Waals surface area contributed by atoms with E-state index in [1.54, 1.807) is 22.9 Å². The number of pyridine rings is 1. The lowest BCUT2D eigenvalue weighted by molar-refractivity contribution is 0.376. The highest BCUT2D eigenvalue weighted by Gasteiger charge is 2.38. The molecule has 0 amide bonds. The maximum atomic E-state index is 12.8. The Hall–Kier alpha value is -1.32. The van der Waals surface area contributed by atoms with Crippen LogP contribution in [0.4, 0.5) is 0 Å². The molecule has 3 rings (SSSR count). The van der Waals surface area contributed by atoms with Crippen molar-refractivity contribution in [1.29, 1.82) is 0 Å². The van der Waals surface area contributed by atoms with Crippen LogP contribution in [0.25, 0.3) is 0 Å². The summed E-state index contributed by atoms with van der Waals surface area (Å²) in [5.41, 5.74) is 0. The summed E-state index contributed by atoms with van der Waals surface area (Å²) in [4.78, 5) is 4.10. The van der Waals surface area contributed by atoms with Gasteiger partial charge in [-0.25, -0.2) is 8.42 Å². The molecule has 7 nitrogen and oxygen atoms in total. The van der Waals surface area contributed by atoms with Gasteiger partial charge in [0.15, 0.2) is 10.6 Å². The minimum absolute atomic E-state index is 0.207. The van der Waals surface area contributed by atoms with Gasteiger partial charge in [0.2, 0.25) is 10.0 Å². The monoisotopic (exact) mass is 371 g/mol. The summed E-state index contributed by atoms with van der Waals surface area (Å²) >= 11 is 3.29. The Kier molecular flexibility index (Phi) is 3.80. The summed E-state index contributed by atoms with van der Waals surface area (Å²) in [5, 5.41) is 8.04. The molecule has 9 heteroatoms. The molecular formula is C12H14BrN5O2S. The van der Waals surface area contributed by atoms with Gasteiger partial charge in [-0.1, -0.05) is 0 Å². The zero-order chi connectivity index (χ0) is 15.0. The first-order valence-corrected chi connectivity index (χ1v) is 8.72. The van der Waals surface area contributed by atoms with Crippen LogP contribution in [0, 0.1) is 0 Å². The molecule has 2 aromatic heterocycles. The van der Waals surface area contributed by atoms with Crippen LogP contribution < -0.4 is 0 Å². The van der Waals surface area contributed by atoms with Crippen molar-refractivity contribution in [1.82, 2.24) is 24.1 Å². The van der Waals surface area contributed by atoms with E-state index in [4.69, 9.17) is 0 Å². The summed E-state index contributed by atoms with van der Waals surface area (Å²) in [6.07, 6.45) is 4.46. The number of nitrogens with zero attached hydrogens (tertiary/aromatic N) is 5. The maximum absolute atomic E-state index is 12.8. The molecule has 0 bridgehead atoms. The highest BCUT2D eigenvalue weighted by atomic mass is 79.9. The van der Waals surface area contributed by atoms with Crippen LogP contribution in [-0.4, -0.2) is 39.0 Å². The third kappa shape index (κ3) is 2.49. The third-order valence-electron chi connectivity index (χ3n) is 3.60. The molecule has 0 N–H and O–H groups in total. The van der Waals surface area contributed by atoms with Gasteiger partial charge >= 0.3 is 0 Å². The average molecular weight is 372 g/mol. The molecule has 1 fully saturated rings. The Morgan fingerprint density at radius 3 is 2.81 bits per heavy atom. The smallest absolute Gasteiger partial charge is 0.245 e. The Labute approximate surface area is 131 Å². The Bertz CT molecular complexity index is 746. The van der Waals surface area contributed by atoms with Crippen molar-refractivity contribution in [3.05, 3.63) is 35.1 Å². The molecule has 1 atom stereocenters. The Balaban J connectivity index is 2.00. The van der Waals surface area contributed by atoms with Crippen LogP contribution in [0.15, 0.2) is 34.2 Å². The SMILES string of the molecule is Cn1c(Br)nnc1[C@@H]1CCCN1S(=O)(=O)c1cccnc1. The van der Waals surface area contributed by atoms with E-state index in [9.17, 15) is 8.42 Å². The van der Waals surface area contributed by atoms with Crippen molar-refractivity contribution in [3.8, 4) is 0 Å². The number of hydrogen-bond donors (Lipinski definition) is 0. The van der Waals surface area contributed by atoms with E-state index >= 15 is 0 Å². The van der Waals surface area contributed by atoms with E-state index in [2.05, 4.69) is 31.1 Å². The maximum Gasteiger partial charge on any atom is 0.245 e. The van der Waals surface area contributed by atoms with Gasteiger partial charge in [0.25, 0.3) is 0 Å². The second-order valence-electron chi connectivity index (χ2n) is 4.85. The van der Waals surface area contributed by atoms with Gasteiger partial charge < -0.3 is 4.57 Å². The Morgan fingerprint density at radius 1 is 1.38 bits per heavy atom. The number of hydrogen-bond acceptors (Lipinski definition) is 5. The minimum Gasteiger partial charge on any atom is -0.307 e. The highest BCUT2D eigenvalue weighted by molar-refractivity contribution is 9.10. The van der Waals surface area contributed by atoms with Crippen LogP contribution in [0.1, 0.15) is 24.7 Å². The lowest BCUT2D eigenvalue weighted by Crippen LogP contribution is -2.32. The first-order chi connectivity index (χ1) is 10.0. The first-order valence-electron chi connectivity index (χ1n) is 6.48. The van der Waals surface area contributed by atoms with E-state index in [1.165, 1.54) is 10.5 Å². The van der Waals surface area contributed by atoms with Crippen LogP contribution in [-0.2, 0) is 17.1 Å². The predicted molar refractivity (Wildman–Crippen MR) is 78.8 cm³/mol. The van der Waals surface area contributed by atoms with Gasteiger partial charge in [-0.3, -0.25) is 4.98 Å². The van der Waals surface area contributed by atoms with E-state index < -0.39 is 10.0 Å². The fourth-order valence-corrected chi connectivity index (χ4v) is 4.41. The molecule has 112 valence electrons. The Morgan fingerprint density at radius 2 is 2.19 bits per heavy atom. The summed E-state index contributed by atoms with van der Waals surface area (Å²) in [7, 11) is -1.76. The van der Waals surface area contributed by atoms with Gasteiger partial charge in [0.1, 0.15) is 4.90 Å². The first kappa shape index (κ1) is 14.6. The molecule has 0 radical (unpaired) electrons. The van der Waals surface area contributed by atoms with Crippen molar-refractivity contribution in [3.63, 3.8) is 0 Å². The van der Waals surface area contributed by atoms with Crippen LogP contribution >= 0.6 is 15.9 Å². The van der Waals surface area contributed by atoms with E-state index in [1.807, 2.05) is 7.05 Å². The average Bonchev–Trinajstić information content (AvgIpc) is 3.08. The van der Waals surface area contributed by atoms with Crippen molar-refractivity contribution >= 4 is 26.0 Å². The fraction of sp³-hybridized carbons (Fsp3) is 0.417. The van der Waals surface area contributed by atoms with Crippen LogP contribution in [0.5, 0.6) is 0 Å².